The number of carbonyl (C=O) groups excluding carboxylic acids is 1. The van der Waals surface area contributed by atoms with Gasteiger partial charge in [0.1, 0.15) is 6.10 Å². The maximum atomic E-state index is 12.3. The first-order valence-electron chi connectivity index (χ1n) is 6.31. The molecule has 2 rings (SSSR count). The third-order valence-corrected chi connectivity index (χ3v) is 3.74. The van der Waals surface area contributed by atoms with Gasteiger partial charge in [-0.05, 0) is 26.7 Å². The quantitative estimate of drug-likeness (QED) is 0.767. The molecule has 2 saturated heterocycles. The van der Waals surface area contributed by atoms with Crippen LogP contribution >= 0.6 is 0 Å². The lowest BCUT2D eigenvalue weighted by Gasteiger charge is -2.38. The van der Waals surface area contributed by atoms with Crippen LogP contribution in [0.2, 0.25) is 0 Å². The minimum atomic E-state index is -0.992. The van der Waals surface area contributed by atoms with Gasteiger partial charge in [0.15, 0.2) is 6.10 Å². The predicted octanol–water partition coefficient (Wildman–Crippen LogP) is 0.254. The van der Waals surface area contributed by atoms with Crippen molar-refractivity contribution in [3.8, 4) is 0 Å². The Hall–Kier alpha value is -1.14. The number of amides is 1. The molecule has 6 nitrogen and oxygen atoms in total. The number of carbonyl (C=O) groups is 2. The average Bonchev–Trinajstić information content (AvgIpc) is 2.81. The third kappa shape index (κ3) is 2.49. The Kier molecular flexibility index (Phi) is 3.87. The normalized spacial score (nSPS) is 36.7. The lowest BCUT2D eigenvalue weighted by Crippen LogP contribution is -2.54. The number of nitrogens with zero attached hydrogens (tertiary/aromatic N) is 1. The van der Waals surface area contributed by atoms with E-state index in [2.05, 4.69) is 0 Å². The van der Waals surface area contributed by atoms with Gasteiger partial charge in [0.05, 0.1) is 18.8 Å². The molecule has 6 heteroatoms. The molecule has 0 aromatic carbocycles. The molecular formula is C12H19NO5. The largest absolute Gasteiger partial charge is 0.479 e. The van der Waals surface area contributed by atoms with E-state index >= 15 is 0 Å². The highest BCUT2D eigenvalue weighted by Crippen LogP contribution is 2.24. The summed E-state index contributed by atoms with van der Waals surface area (Å²) in [5.74, 6) is -1.10. The van der Waals surface area contributed by atoms with Crippen molar-refractivity contribution < 1.29 is 24.2 Å². The molecule has 0 aromatic heterocycles. The molecule has 2 unspecified atom stereocenters. The van der Waals surface area contributed by atoms with Crippen molar-refractivity contribution in [1.82, 2.24) is 4.90 Å². The summed E-state index contributed by atoms with van der Waals surface area (Å²) in [7, 11) is 0. The first-order valence-corrected chi connectivity index (χ1v) is 6.31. The molecule has 2 heterocycles. The van der Waals surface area contributed by atoms with Gasteiger partial charge in [0.2, 0.25) is 0 Å². The standard InChI is InChI=1S/C12H19NO5/c1-7-8(2)17-6-5-13(7)11(14)9-3-4-10(18-9)12(15)16/h7-10H,3-6H2,1-2H3,(H,15,16)/t7?,8?,9-,10+/m0/s1. The summed E-state index contributed by atoms with van der Waals surface area (Å²) in [4.78, 5) is 24.8. The van der Waals surface area contributed by atoms with Crippen LogP contribution in [0, 0.1) is 0 Å². The van der Waals surface area contributed by atoms with Crippen molar-refractivity contribution in [3.63, 3.8) is 0 Å². The van der Waals surface area contributed by atoms with Crippen LogP contribution in [0.5, 0.6) is 0 Å². The van der Waals surface area contributed by atoms with Crippen molar-refractivity contribution in [2.75, 3.05) is 13.2 Å². The fourth-order valence-electron chi connectivity index (χ4n) is 2.43. The average molecular weight is 257 g/mol. The summed E-state index contributed by atoms with van der Waals surface area (Å²) in [6, 6.07) is -0.00118. The molecule has 102 valence electrons. The number of carboxylic acids is 1. The number of hydrogen-bond donors (Lipinski definition) is 1. The Morgan fingerprint density at radius 3 is 2.50 bits per heavy atom. The molecule has 2 fully saturated rings. The Bertz CT molecular complexity index is 345. The summed E-state index contributed by atoms with van der Waals surface area (Å²) in [5.41, 5.74) is 0. The van der Waals surface area contributed by atoms with Crippen molar-refractivity contribution in [2.24, 2.45) is 0 Å². The molecular weight excluding hydrogens is 238 g/mol. The van der Waals surface area contributed by atoms with Crippen molar-refractivity contribution in [1.29, 1.82) is 0 Å². The van der Waals surface area contributed by atoms with E-state index in [1.807, 2.05) is 13.8 Å². The van der Waals surface area contributed by atoms with Crippen LogP contribution in [0.1, 0.15) is 26.7 Å². The SMILES string of the molecule is CC1OCCN(C(=O)[C@@H]2CC[C@H](C(=O)O)O2)C1C. The van der Waals surface area contributed by atoms with E-state index in [-0.39, 0.29) is 18.1 Å². The fraction of sp³-hybridized carbons (Fsp3) is 0.833. The summed E-state index contributed by atoms with van der Waals surface area (Å²) in [6.45, 7) is 4.93. The molecule has 2 aliphatic rings. The number of hydrogen-bond acceptors (Lipinski definition) is 4. The van der Waals surface area contributed by atoms with Gasteiger partial charge in [-0.15, -0.1) is 0 Å². The lowest BCUT2D eigenvalue weighted by molar-refractivity contribution is -0.161. The Balaban J connectivity index is 1.97. The maximum Gasteiger partial charge on any atom is 0.332 e. The first kappa shape index (κ1) is 13.3. The monoisotopic (exact) mass is 257 g/mol. The molecule has 4 atom stereocenters. The second kappa shape index (κ2) is 5.24. The second-order valence-corrected chi connectivity index (χ2v) is 4.88. The Labute approximate surface area is 106 Å². The van der Waals surface area contributed by atoms with E-state index in [1.165, 1.54) is 0 Å². The van der Waals surface area contributed by atoms with Gasteiger partial charge in [-0.2, -0.15) is 0 Å². The number of ether oxygens (including phenoxy) is 2. The Morgan fingerprint density at radius 2 is 1.89 bits per heavy atom. The Morgan fingerprint density at radius 1 is 1.22 bits per heavy atom. The molecule has 0 saturated carbocycles. The molecule has 1 N–H and O–H groups in total. The predicted molar refractivity (Wildman–Crippen MR) is 62.1 cm³/mol. The second-order valence-electron chi connectivity index (χ2n) is 4.88. The van der Waals surface area contributed by atoms with E-state index < -0.39 is 18.2 Å². The highest BCUT2D eigenvalue weighted by molar-refractivity contribution is 5.83. The van der Waals surface area contributed by atoms with Crippen molar-refractivity contribution >= 4 is 11.9 Å². The van der Waals surface area contributed by atoms with Crippen molar-refractivity contribution in [3.05, 3.63) is 0 Å². The summed E-state index contributed by atoms with van der Waals surface area (Å²) < 4.78 is 10.8. The van der Waals surface area contributed by atoms with Crippen molar-refractivity contribution in [2.45, 2.75) is 51.0 Å². The first-order chi connectivity index (χ1) is 8.50. The van der Waals surface area contributed by atoms with Gasteiger partial charge < -0.3 is 19.5 Å². The summed E-state index contributed by atoms with van der Waals surface area (Å²) in [6.07, 6.45) is -0.570. The van der Waals surface area contributed by atoms with E-state index in [0.717, 1.165) is 0 Å². The molecule has 18 heavy (non-hydrogen) atoms. The maximum absolute atomic E-state index is 12.3. The number of rotatable bonds is 2. The van der Waals surface area contributed by atoms with Crippen LogP contribution in [-0.4, -0.2) is 59.4 Å². The minimum Gasteiger partial charge on any atom is -0.479 e. The van der Waals surface area contributed by atoms with Gasteiger partial charge in [0, 0.05) is 6.54 Å². The molecule has 0 radical (unpaired) electrons. The highest BCUT2D eigenvalue weighted by atomic mass is 16.5. The molecule has 1 amide bonds. The highest BCUT2D eigenvalue weighted by Gasteiger charge is 2.39. The van der Waals surface area contributed by atoms with Gasteiger partial charge in [-0.3, -0.25) is 4.79 Å². The van der Waals surface area contributed by atoms with Crippen LogP contribution in [0.3, 0.4) is 0 Å². The zero-order chi connectivity index (χ0) is 13.3. The third-order valence-electron chi connectivity index (χ3n) is 3.74. The van der Waals surface area contributed by atoms with Gasteiger partial charge in [0.25, 0.3) is 5.91 Å². The van der Waals surface area contributed by atoms with E-state index in [1.54, 1.807) is 4.90 Å². The summed E-state index contributed by atoms with van der Waals surface area (Å²) in [5, 5.41) is 8.85. The fourth-order valence-corrected chi connectivity index (χ4v) is 2.43. The van der Waals surface area contributed by atoms with E-state index in [4.69, 9.17) is 14.6 Å². The van der Waals surface area contributed by atoms with Crippen LogP contribution in [0.4, 0.5) is 0 Å². The zero-order valence-corrected chi connectivity index (χ0v) is 10.7. The molecule has 0 bridgehead atoms. The molecule has 0 aromatic rings. The zero-order valence-electron chi connectivity index (χ0n) is 10.7. The van der Waals surface area contributed by atoms with Gasteiger partial charge in [-0.1, -0.05) is 0 Å². The van der Waals surface area contributed by atoms with Crippen LogP contribution in [0.15, 0.2) is 0 Å². The molecule has 0 spiro atoms. The summed E-state index contributed by atoms with van der Waals surface area (Å²) >= 11 is 0. The van der Waals surface area contributed by atoms with Gasteiger partial charge in [-0.25, -0.2) is 4.79 Å². The van der Waals surface area contributed by atoms with E-state index in [0.29, 0.717) is 26.0 Å². The molecule has 2 aliphatic heterocycles. The number of aliphatic carboxylic acids is 1. The van der Waals surface area contributed by atoms with E-state index in [9.17, 15) is 9.59 Å². The van der Waals surface area contributed by atoms with Crippen LogP contribution < -0.4 is 0 Å². The lowest BCUT2D eigenvalue weighted by atomic mass is 10.1. The topological polar surface area (TPSA) is 76.1 Å². The minimum absolute atomic E-state index is 0.000580. The smallest absolute Gasteiger partial charge is 0.332 e. The van der Waals surface area contributed by atoms with Crippen LogP contribution in [-0.2, 0) is 19.1 Å². The number of carboxylic acid groups (broad SMARTS) is 1. The van der Waals surface area contributed by atoms with Crippen LogP contribution in [0.25, 0.3) is 0 Å². The molecule has 0 aliphatic carbocycles. The van der Waals surface area contributed by atoms with Gasteiger partial charge >= 0.3 is 5.97 Å². The number of morpholine rings is 1.